The average molecular weight is 404 g/mol. The molecule has 3 rings (SSSR count). The zero-order valence-electron chi connectivity index (χ0n) is 14.1. The monoisotopic (exact) mass is 403 g/mol. The van der Waals surface area contributed by atoms with E-state index in [2.05, 4.69) is 20.4 Å². The van der Waals surface area contributed by atoms with Gasteiger partial charge in [0.15, 0.2) is 6.61 Å². The van der Waals surface area contributed by atoms with Gasteiger partial charge in [-0.2, -0.15) is 5.10 Å². The fourth-order valence-corrected chi connectivity index (χ4v) is 2.87. The zero-order valence-corrected chi connectivity index (χ0v) is 15.7. The van der Waals surface area contributed by atoms with Crippen molar-refractivity contribution in [3.05, 3.63) is 58.0 Å². The Balaban J connectivity index is 1.59. The molecule has 2 heterocycles. The third-order valence-electron chi connectivity index (χ3n) is 3.27. The van der Waals surface area contributed by atoms with Crippen molar-refractivity contribution in [2.75, 3.05) is 11.9 Å². The van der Waals surface area contributed by atoms with Crippen LogP contribution in [-0.2, 0) is 14.3 Å². The topological polar surface area (TPSA) is 99.0 Å². The number of rotatable bonds is 6. The predicted molar refractivity (Wildman–Crippen MR) is 102 cm³/mol. The number of anilines is 1. The number of esters is 1. The van der Waals surface area contributed by atoms with Gasteiger partial charge in [-0.15, -0.1) is 11.3 Å². The lowest BCUT2D eigenvalue weighted by molar-refractivity contribution is -0.142. The number of aromatic nitrogens is 4. The summed E-state index contributed by atoms with van der Waals surface area (Å²) in [6, 6.07) is 4.93. The Bertz CT molecular complexity index is 984. The predicted octanol–water partition coefficient (Wildman–Crippen LogP) is 2.88. The molecule has 0 atom stereocenters. The van der Waals surface area contributed by atoms with Gasteiger partial charge in [-0.05, 0) is 31.2 Å². The summed E-state index contributed by atoms with van der Waals surface area (Å²) >= 11 is 7.47. The first kappa shape index (κ1) is 18.7. The normalized spacial score (nSPS) is 10.9. The third kappa shape index (κ3) is 5.22. The van der Waals surface area contributed by atoms with Crippen LogP contribution in [0.25, 0.3) is 11.8 Å². The SMILES string of the molecule is Cc1nc(/C=C/C(=O)OCC(=O)Nc2cc(Cl)ccc2-n2cncn2)cs1. The minimum Gasteiger partial charge on any atom is -0.452 e. The summed E-state index contributed by atoms with van der Waals surface area (Å²) in [6.07, 6.45) is 5.62. The Labute approximate surface area is 163 Å². The lowest BCUT2D eigenvalue weighted by atomic mass is 10.2. The molecule has 0 aliphatic heterocycles. The molecule has 1 aromatic carbocycles. The van der Waals surface area contributed by atoms with Gasteiger partial charge in [-0.3, -0.25) is 4.79 Å². The molecule has 10 heteroatoms. The van der Waals surface area contributed by atoms with Gasteiger partial charge in [0.25, 0.3) is 5.91 Å². The van der Waals surface area contributed by atoms with E-state index in [-0.39, 0.29) is 0 Å². The van der Waals surface area contributed by atoms with E-state index in [1.54, 1.807) is 18.2 Å². The number of hydrogen-bond donors (Lipinski definition) is 1. The molecule has 0 radical (unpaired) electrons. The number of hydrogen-bond acceptors (Lipinski definition) is 7. The maximum absolute atomic E-state index is 12.1. The van der Waals surface area contributed by atoms with Crippen molar-refractivity contribution in [1.29, 1.82) is 0 Å². The Morgan fingerprint density at radius 1 is 1.41 bits per heavy atom. The number of nitrogens with one attached hydrogen (secondary N) is 1. The van der Waals surface area contributed by atoms with E-state index >= 15 is 0 Å². The van der Waals surface area contributed by atoms with E-state index < -0.39 is 18.5 Å². The number of nitrogens with zero attached hydrogens (tertiary/aromatic N) is 4. The minimum atomic E-state index is -0.640. The lowest BCUT2D eigenvalue weighted by Gasteiger charge is -2.11. The van der Waals surface area contributed by atoms with E-state index in [1.807, 2.05) is 12.3 Å². The number of carbonyl (C=O) groups excluding carboxylic acids is 2. The van der Waals surface area contributed by atoms with Crippen LogP contribution in [-0.4, -0.2) is 38.2 Å². The van der Waals surface area contributed by atoms with Crippen LogP contribution in [0.4, 0.5) is 5.69 Å². The first-order valence-corrected chi connectivity index (χ1v) is 8.98. The third-order valence-corrected chi connectivity index (χ3v) is 4.30. The van der Waals surface area contributed by atoms with Crippen LogP contribution < -0.4 is 5.32 Å². The average Bonchev–Trinajstić information content (AvgIpc) is 3.30. The fourth-order valence-electron chi connectivity index (χ4n) is 2.12. The van der Waals surface area contributed by atoms with Crippen molar-refractivity contribution in [2.24, 2.45) is 0 Å². The Hall–Kier alpha value is -3.04. The van der Waals surface area contributed by atoms with Gasteiger partial charge in [0, 0.05) is 16.5 Å². The molecule has 0 unspecified atom stereocenters. The molecular weight excluding hydrogens is 390 g/mol. The van der Waals surface area contributed by atoms with Crippen LogP contribution >= 0.6 is 22.9 Å². The minimum absolute atomic E-state index is 0.419. The van der Waals surface area contributed by atoms with Gasteiger partial charge in [-0.25, -0.2) is 19.4 Å². The number of amides is 1. The molecule has 2 aromatic heterocycles. The summed E-state index contributed by atoms with van der Waals surface area (Å²) < 4.78 is 6.42. The van der Waals surface area contributed by atoms with Gasteiger partial charge in [0.1, 0.15) is 12.7 Å². The van der Waals surface area contributed by atoms with Crippen LogP contribution in [0, 0.1) is 6.92 Å². The second kappa shape index (κ2) is 8.56. The largest absolute Gasteiger partial charge is 0.452 e. The zero-order chi connectivity index (χ0) is 19.2. The van der Waals surface area contributed by atoms with Crippen LogP contribution in [0.1, 0.15) is 10.7 Å². The van der Waals surface area contributed by atoms with E-state index in [4.69, 9.17) is 16.3 Å². The maximum atomic E-state index is 12.1. The van der Waals surface area contributed by atoms with Crippen molar-refractivity contribution in [3.63, 3.8) is 0 Å². The highest BCUT2D eigenvalue weighted by Gasteiger charge is 2.11. The highest BCUT2D eigenvalue weighted by Crippen LogP contribution is 2.23. The van der Waals surface area contributed by atoms with Gasteiger partial charge in [-0.1, -0.05) is 11.6 Å². The standard InChI is InChI=1S/C17H14ClN5O3S/c1-11-21-13(8-27-11)3-5-17(25)26-7-16(24)22-14-6-12(18)2-4-15(14)23-10-19-9-20-23/h2-6,8-10H,7H2,1H3,(H,22,24)/b5-3+. The Kier molecular flexibility index (Phi) is 5.94. The molecule has 0 spiro atoms. The van der Waals surface area contributed by atoms with Gasteiger partial charge >= 0.3 is 5.97 Å². The van der Waals surface area contributed by atoms with Crippen molar-refractivity contribution in [1.82, 2.24) is 19.7 Å². The summed E-state index contributed by atoms with van der Waals surface area (Å²) in [5, 5.41) is 9.82. The van der Waals surface area contributed by atoms with Crippen molar-refractivity contribution < 1.29 is 14.3 Å². The molecule has 0 fully saturated rings. The summed E-state index contributed by atoms with van der Waals surface area (Å²) in [4.78, 5) is 31.9. The highest BCUT2D eigenvalue weighted by molar-refractivity contribution is 7.09. The molecule has 27 heavy (non-hydrogen) atoms. The summed E-state index contributed by atoms with van der Waals surface area (Å²) in [7, 11) is 0. The number of aryl methyl sites for hydroxylation is 1. The maximum Gasteiger partial charge on any atom is 0.331 e. The smallest absolute Gasteiger partial charge is 0.331 e. The summed E-state index contributed by atoms with van der Waals surface area (Å²) in [5.74, 6) is -1.15. The fraction of sp³-hybridized carbons (Fsp3) is 0.118. The van der Waals surface area contributed by atoms with Gasteiger partial charge < -0.3 is 10.1 Å². The first-order valence-electron chi connectivity index (χ1n) is 7.72. The van der Waals surface area contributed by atoms with Crippen LogP contribution in [0.2, 0.25) is 5.02 Å². The number of halogens is 1. The molecule has 1 N–H and O–H groups in total. The van der Waals surface area contributed by atoms with Crippen LogP contribution in [0.3, 0.4) is 0 Å². The lowest BCUT2D eigenvalue weighted by Crippen LogP contribution is -2.21. The van der Waals surface area contributed by atoms with E-state index in [0.29, 0.717) is 22.1 Å². The summed E-state index contributed by atoms with van der Waals surface area (Å²) in [6.45, 7) is 1.43. The van der Waals surface area contributed by atoms with E-state index in [9.17, 15) is 9.59 Å². The molecule has 3 aromatic rings. The molecule has 0 bridgehead atoms. The van der Waals surface area contributed by atoms with Crippen molar-refractivity contribution >= 4 is 46.6 Å². The van der Waals surface area contributed by atoms with E-state index in [1.165, 1.54) is 40.8 Å². The van der Waals surface area contributed by atoms with E-state index in [0.717, 1.165) is 5.01 Å². The molecule has 0 saturated heterocycles. The molecular formula is C17H14ClN5O3S. The molecule has 0 aliphatic carbocycles. The quantitative estimate of drug-likeness (QED) is 0.502. The Morgan fingerprint density at radius 3 is 2.96 bits per heavy atom. The molecule has 0 aliphatic rings. The number of ether oxygens (including phenoxy) is 1. The molecule has 1 amide bonds. The second-order valence-electron chi connectivity index (χ2n) is 5.28. The molecule has 0 saturated carbocycles. The van der Waals surface area contributed by atoms with Crippen LogP contribution in [0.15, 0.2) is 42.3 Å². The van der Waals surface area contributed by atoms with Crippen molar-refractivity contribution in [3.8, 4) is 5.69 Å². The highest BCUT2D eigenvalue weighted by atomic mass is 35.5. The number of carbonyl (C=O) groups is 2. The Morgan fingerprint density at radius 2 is 2.26 bits per heavy atom. The van der Waals surface area contributed by atoms with Gasteiger partial charge in [0.2, 0.25) is 0 Å². The van der Waals surface area contributed by atoms with Gasteiger partial charge in [0.05, 0.1) is 22.1 Å². The molecule has 138 valence electrons. The van der Waals surface area contributed by atoms with Crippen LogP contribution in [0.5, 0.6) is 0 Å². The first-order chi connectivity index (χ1) is 13.0. The number of benzene rings is 1. The summed E-state index contributed by atoms with van der Waals surface area (Å²) in [5.41, 5.74) is 1.66. The van der Waals surface area contributed by atoms with Crippen molar-refractivity contribution in [2.45, 2.75) is 6.92 Å². The number of thiazole rings is 1. The second-order valence-corrected chi connectivity index (χ2v) is 6.78. The molecule has 8 nitrogen and oxygen atoms in total.